The van der Waals surface area contributed by atoms with Crippen LogP contribution in [-0.2, 0) is 22.7 Å². The molecule has 0 fully saturated rings. The Morgan fingerprint density at radius 1 is 1.04 bits per heavy atom. The summed E-state index contributed by atoms with van der Waals surface area (Å²) in [5.74, 6) is -0.148. The van der Waals surface area contributed by atoms with Gasteiger partial charge in [0, 0.05) is 48.2 Å². The molecule has 7 heteroatoms. The maximum absolute atomic E-state index is 13.0. The number of amides is 1. The van der Waals surface area contributed by atoms with Gasteiger partial charge >= 0.3 is 0 Å². The number of carbonyl (C=O) groups is 1. The van der Waals surface area contributed by atoms with E-state index in [1.54, 1.807) is 17.0 Å². The van der Waals surface area contributed by atoms with Crippen LogP contribution in [0.5, 0.6) is 0 Å². The van der Waals surface area contributed by atoms with Crippen LogP contribution in [0.1, 0.15) is 21.6 Å². The number of benzene rings is 2. The van der Waals surface area contributed by atoms with Gasteiger partial charge in [-0.15, -0.1) is 0 Å². The van der Waals surface area contributed by atoms with Crippen molar-refractivity contribution in [1.82, 2.24) is 15.1 Å². The highest BCUT2D eigenvalue weighted by molar-refractivity contribution is 7.90. The molecule has 3 aromatic rings. The maximum atomic E-state index is 13.0. The number of nitrogens with one attached hydrogen (secondary N) is 1. The molecule has 0 unspecified atom stereocenters. The molecule has 28 heavy (non-hydrogen) atoms. The van der Waals surface area contributed by atoms with E-state index in [-0.39, 0.29) is 10.8 Å². The van der Waals surface area contributed by atoms with Crippen LogP contribution in [-0.4, -0.2) is 48.8 Å². The van der Waals surface area contributed by atoms with E-state index in [0.717, 1.165) is 28.8 Å². The Kier molecular flexibility index (Phi) is 4.77. The molecule has 1 N–H and O–H groups in total. The van der Waals surface area contributed by atoms with Crippen molar-refractivity contribution in [3.63, 3.8) is 0 Å². The van der Waals surface area contributed by atoms with Crippen molar-refractivity contribution in [3.8, 4) is 11.3 Å². The molecule has 6 nitrogen and oxygen atoms in total. The summed E-state index contributed by atoms with van der Waals surface area (Å²) < 4.78 is 23.6. The second-order valence-electron chi connectivity index (χ2n) is 6.99. The number of fused-ring (bicyclic) bond motifs is 1. The molecular formula is C21H21N3O3S. The molecule has 144 valence electrons. The Bertz CT molecular complexity index is 1120. The summed E-state index contributed by atoms with van der Waals surface area (Å²) in [6.45, 7) is 1.12. The van der Waals surface area contributed by atoms with Gasteiger partial charge in [-0.1, -0.05) is 36.4 Å². The third kappa shape index (κ3) is 3.57. The zero-order valence-corrected chi connectivity index (χ0v) is 16.4. The van der Waals surface area contributed by atoms with E-state index in [1.165, 1.54) is 12.1 Å². The molecule has 0 bridgehead atoms. The van der Waals surface area contributed by atoms with Crippen molar-refractivity contribution in [1.29, 1.82) is 0 Å². The van der Waals surface area contributed by atoms with Crippen molar-refractivity contribution in [3.05, 3.63) is 71.4 Å². The van der Waals surface area contributed by atoms with Gasteiger partial charge < -0.3 is 4.90 Å². The monoisotopic (exact) mass is 395 g/mol. The molecule has 0 radical (unpaired) electrons. The van der Waals surface area contributed by atoms with Crippen LogP contribution < -0.4 is 0 Å². The molecule has 0 spiro atoms. The number of sulfone groups is 1. The molecule has 2 aromatic carbocycles. The van der Waals surface area contributed by atoms with Gasteiger partial charge in [-0.05, 0) is 24.6 Å². The van der Waals surface area contributed by atoms with Gasteiger partial charge in [0.15, 0.2) is 9.84 Å². The molecule has 1 amide bonds. The molecule has 0 saturated carbocycles. The average Bonchev–Trinajstić information content (AvgIpc) is 2.99. The quantitative estimate of drug-likeness (QED) is 0.739. The molecule has 1 aliphatic heterocycles. The van der Waals surface area contributed by atoms with E-state index in [1.807, 2.05) is 30.3 Å². The molecule has 1 aromatic heterocycles. The van der Waals surface area contributed by atoms with Crippen molar-refractivity contribution >= 4 is 15.7 Å². The fourth-order valence-corrected chi connectivity index (χ4v) is 4.23. The second-order valence-corrected chi connectivity index (χ2v) is 9.00. The van der Waals surface area contributed by atoms with Crippen LogP contribution in [0.25, 0.3) is 11.3 Å². The first-order valence-electron chi connectivity index (χ1n) is 9.14. The lowest BCUT2D eigenvalue weighted by Crippen LogP contribution is -2.33. The van der Waals surface area contributed by atoms with E-state index in [9.17, 15) is 13.2 Å². The number of hydrogen-bond donors (Lipinski definition) is 1. The summed E-state index contributed by atoms with van der Waals surface area (Å²) in [7, 11) is -3.35. The summed E-state index contributed by atoms with van der Waals surface area (Å²) in [6.07, 6.45) is 2.54. The minimum Gasteiger partial charge on any atom is -0.338 e. The Labute approximate surface area is 164 Å². The Hall–Kier alpha value is -2.93. The smallest absolute Gasteiger partial charge is 0.253 e. The molecule has 0 atom stereocenters. The molecule has 0 aliphatic carbocycles. The predicted molar refractivity (Wildman–Crippen MR) is 107 cm³/mol. The van der Waals surface area contributed by atoms with E-state index >= 15 is 0 Å². The third-order valence-corrected chi connectivity index (χ3v) is 6.17. The van der Waals surface area contributed by atoms with Crippen LogP contribution in [0.2, 0.25) is 0 Å². The van der Waals surface area contributed by atoms with E-state index in [0.29, 0.717) is 31.5 Å². The highest BCUT2D eigenvalue weighted by atomic mass is 32.2. The van der Waals surface area contributed by atoms with Gasteiger partial charge in [-0.2, -0.15) is 5.10 Å². The van der Waals surface area contributed by atoms with Crippen molar-refractivity contribution < 1.29 is 13.2 Å². The fourth-order valence-electron chi connectivity index (χ4n) is 3.56. The zero-order chi connectivity index (χ0) is 19.7. The lowest BCUT2D eigenvalue weighted by molar-refractivity contribution is 0.0762. The molecule has 1 aliphatic rings. The van der Waals surface area contributed by atoms with E-state index in [2.05, 4.69) is 10.2 Å². The van der Waals surface area contributed by atoms with Crippen LogP contribution in [0.4, 0.5) is 0 Å². The number of nitrogens with zero attached hydrogens (tertiary/aromatic N) is 2. The lowest BCUT2D eigenvalue weighted by Gasteiger charge is -2.20. The largest absolute Gasteiger partial charge is 0.338 e. The van der Waals surface area contributed by atoms with Crippen LogP contribution in [0.3, 0.4) is 0 Å². The van der Waals surface area contributed by atoms with Crippen molar-refractivity contribution in [2.45, 2.75) is 17.7 Å². The van der Waals surface area contributed by atoms with Crippen LogP contribution >= 0.6 is 0 Å². The second kappa shape index (κ2) is 7.24. The topological polar surface area (TPSA) is 83.1 Å². The summed E-state index contributed by atoms with van der Waals surface area (Å²) in [5.41, 5.74) is 4.59. The van der Waals surface area contributed by atoms with Crippen molar-refractivity contribution in [2.75, 3.05) is 19.3 Å². The standard InChI is InChI=1S/C21H21N3O3S/c1-28(26,27)17-9-5-8-16(14-17)21(25)24-12-10-18-19(11-13-24)22-23-20(18)15-6-3-2-4-7-15/h2-9,14H,10-13H2,1H3,(H,22,23). The Morgan fingerprint density at radius 3 is 2.54 bits per heavy atom. The first kappa shape index (κ1) is 18.4. The first-order valence-corrected chi connectivity index (χ1v) is 11.0. The fraction of sp³-hybridized carbons (Fsp3) is 0.238. The van der Waals surface area contributed by atoms with Gasteiger partial charge in [0.2, 0.25) is 0 Å². The summed E-state index contributed by atoms with van der Waals surface area (Å²) in [6, 6.07) is 16.2. The first-order chi connectivity index (χ1) is 13.4. The lowest BCUT2D eigenvalue weighted by atomic mass is 10.0. The van der Waals surface area contributed by atoms with E-state index in [4.69, 9.17) is 0 Å². The number of carbonyl (C=O) groups excluding carboxylic acids is 1. The average molecular weight is 395 g/mol. The zero-order valence-electron chi connectivity index (χ0n) is 15.6. The SMILES string of the molecule is CS(=O)(=O)c1cccc(C(=O)N2CCc3[nH]nc(-c4ccccc4)c3CC2)c1. The molecule has 2 heterocycles. The number of aromatic nitrogens is 2. The molecular weight excluding hydrogens is 374 g/mol. The Morgan fingerprint density at radius 2 is 1.79 bits per heavy atom. The maximum Gasteiger partial charge on any atom is 0.253 e. The number of aromatic amines is 1. The van der Waals surface area contributed by atoms with Crippen LogP contribution in [0.15, 0.2) is 59.5 Å². The molecule has 0 saturated heterocycles. The number of hydrogen-bond acceptors (Lipinski definition) is 4. The minimum atomic E-state index is -3.35. The number of rotatable bonds is 3. The van der Waals surface area contributed by atoms with E-state index < -0.39 is 9.84 Å². The van der Waals surface area contributed by atoms with Gasteiger partial charge in [0.1, 0.15) is 0 Å². The summed E-state index contributed by atoms with van der Waals surface area (Å²) in [4.78, 5) is 14.9. The van der Waals surface area contributed by atoms with Crippen LogP contribution in [0, 0.1) is 0 Å². The summed E-state index contributed by atoms with van der Waals surface area (Å²) >= 11 is 0. The molecule has 4 rings (SSSR count). The summed E-state index contributed by atoms with van der Waals surface area (Å²) in [5, 5.41) is 7.61. The van der Waals surface area contributed by atoms with Gasteiger partial charge in [0.05, 0.1) is 10.6 Å². The normalized spacial score (nSPS) is 14.4. The van der Waals surface area contributed by atoms with Gasteiger partial charge in [-0.3, -0.25) is 9.89 Å². The predicted octanol–water partition coefficient (Wildman–Crippen LogP) is 2.72. The minimum absolute atomic E-state index is 0.148. The van der Waals surface area contributed by atoms with Gasteiger partial charge in [0.25, 0.3) is 5.91 Å². The van der Waals surface area contributed by atoms with Gasteiger partial charge in [-0.25, -0.2) is 8.42 Å². The third-order valence-electron chi connectivity index (χ3n) is 5.06. The highest BCUT2D eigenvalue weighted by Gasteiger charge is 2.24. The van der Waals surface area contributed by atoms with Crippen molar-refractivity contribution in [2.24, 2.45) is 0 Å². The number of H-pyrrole nitrogens is 1. The Balaban J connectivity index is 1.57. The highest BCUT2D eigenvalue weighted by Crippen LogP contribution is 2.27.